The van der Waals surface area contributed by atoms with Crippen molar-refractivity contribution in [3.63, 3.8) is 0 Å². The van der Waals surface area contributed by atoms with Crippen LogP contribution in [0.25, 0.3) is 0 Å². The first-order chi connectivity index (χ1) is 15.6. The van der Waals surface area contributed by atoms with Crippen LogP contribution in [0, 0.1) is 0 Å². The molecule has 1 aromatic heterocycles. The Morgan fingerprint density at radius 2 is 1.58 bits per heavy atom. The van der Waals surface area contributed by atoms with Gasteiger partial charge in [0.2, 0.25) is 15.9 Å². The molecule has 174 valence electrons. The van der Waals surface area contributed by atoms with Gasteiger partial charge in [0.25, 0.3) is 10.0 Å². The Morgan fingerprint density at radius 1 is 0.939 bits per heavy atom. The Labute approximate surface area is 193 Å². The lowest BCUT2D eigenvalue weighted by Crippen LogP contribution is -2.46. The van der Waals surface area contributed by atoms with E-state index < -0.39 is 32.0 Å². The fourth-order valence-corrected chi connectivity index (χ4v) is 5.42. The lowest BCUT2D eigenvalue weighted by Gasteiger charge is -2.30. The summed E-state index contributed by atoms with van der Waals surface area (Å²) in [6.07, 6.45) is 2.74. The number of benzene rings is 2. The van der Waals surface area contributed by atoms with Crippen molar-refractivity contribution < 1.29 is 21.6 Å². The third-order valence-corrected chi connectivity index (χ3v) is 7.23. The molecule has 1 heterocycles. The van der Waals surface area contributed by atoms with Crippen molar-refractivity contribution >= 4 is 43.1 Å². The molecule has 9 nitrogen and oxygen atoms in total. The highest BCUT2D eigenvalue weighted by Crippen LogP contribution is 2.23. The highest BCUT2D eigenvalue weighted by atomic mass is 32.2. The molecule has 2 N–H and O–H groups in total. The Bertz CT molecular complexity index is 1300. The summed E-state index contributed by atoms with van der Waals surface area (Å²) in [4.78, 5) is 16.9. The number of hydrogen-bond acceptors (Lipinski definition) is 6. The SMILES string of the molecule is CC[C@@H](C(=O)Nc1ccc(S(=O)(=O)Nc2ccccn2)cc1)N(c1ccccc1)S(C)(=O)=O. The van der Waals surface area contributed by atoms with Crippen LogP contribution in [0.3, 0.4) is 0 Å². The van der Waals surface area contributed by atoms with E-state index in [1.807, 2.05) is 0 Å². The van der Waals surface area contributed by atoms with E-state index in [0.29, 0.717) is 11.4 Å². The van der Waals surface area contributed by atoms with Gasteiger partial charge in [0, 0.05) is 11.9 Å². The second kappa shape index (κ2) is 10.0. The standard InChI is InChI=1S/C22H24N4O5S2/c1-3-20(26(32(2,28)29)18-9-5-4-6-10-18)22(27)24-17-12-14-19(15-13-17)33(30,31)25-21-11-7-8-16-23-21/h4-16,20H,3H2,1-2H3,(H,23,25)(H,24,27)/t20-/m0/s1. The molecule has 11 heteroatoms. The number of pyridine rings is 1. The minimum atomic E-state index is -3.86. The van der Waals surface area contributed by atoms with Gasteiger partial charge in [0.15, 0.2) is 0 Å². The van der Waals surface area contributed by atoms with Gasteiger partial charge in [-0.25, -0.2) is 21.8 Å². The number of para-hydroxylation sites is 1. The van der Waals surface area contributed by atoms with Crippen LogP contribution in [0.4, 0.5) is 17.2 Å². The topological polar surface area (TPSA) is 126 Å². The molecular formula is C22H24N4O5S2. The van der Waals surface area contributed by atoms with Gasteiger partial charge in [0.1, 0.15) is 11.9 Å². The molecule has 33 heavy (non-hydrogen) atoms. The zero-order chi connectivity index (χ0) is 24.1. The van der Waals surface area contributed by atoms with E-state index in [1.165, 1.54) is 36.5 Å². The molecule has 0 radical (unpaired) electrons. The highest BCUT2D eigenvalue weighted by molar-refractivity contribution is 7.92. The first kappa shape index (κ1) is 24.2. The maximum Gasteiger partial charge on any atom is 0.263 e. The highest BCUT2D eigenvalue weighted by Gasteiger charge is 2.31. The van der Waals surface area contributed by atoms with Crippen molar-refractivity contribution in [2.45, 2.75) is 24.3 Å². The molecule has 0 aliphatic carbocycles. The van der Waals surface area contributed by atoms with E-state index in [4.69, 9.17) is 0 Å². The van der Waals surface area contributed by atoms with Gasteiger partial charge >= 0.3 is 0 Å². The van der Waals surface area contributed by atoms with Crippen molar-refractivity contribution in [2.24, 2.45) is 0 Å². The number of carbonyl (C=O) groups is 1. The maximum atomic E-state index is 13.0. The molecule has 0 unspecified atom stereocenters. The van der Waals surface area contributed by atoms with Crippen LogP contribution >= 0.6 is 0 Å². The average molecular weight is 489 g/mol. The normalized spacial score (nSPS) is 12.5. The minimum absolute atomic E-state index is 0.0137. The van der Waals surface area contributed by atoms with Crippen molar-refractivity contribution in [2.75, 3.05) is 20.6 Å². The number of rotatable bonds is 9. The summed E-state index contributed by atoms with van der Waals surface area (Å²) in [6.45, 7) is 1.71. The fourth-order valence-electron chi connectivity index (χ4n) is 3.20. The predicted molar refractivity (Wildman–Crippen MR) is 128 cm³/mol. The van der Waals surface area contributed by atoms with Gasteiger partial charge in [0.05, 0.1) is 16.8 Å². The van der Waals surface area contributed by atoms with Gasteiger partial charge in [-0.05, 0) is 55.0 Å². The van der Waals surface area contributed by atoms with Gasteiger partial charge in [-0.3, -0.25) is 13.8 Å². The van der Waals surface area contributed by atoms with Gasteiger partial charge in [-0.2, -0.15) is 0 Å². The molecule has 0 aliphatic rings. The van der Waals surface area contributed by atoms with E-state index in [9.17, 15) is 21.6 Å². The van der Waals surface area contributed by atoms with Crippen LogP contribution in [0.1, 0.15) is 13.3 Å². The van der Waals surface area contributed by atoms with Crippen LogP contribution < -0.4 is 14.3 Å². The molecular weight excluding hydrogens is 464 g/mol. The Hall–Kier alpha value is -3.44. The minimum Gasteiger partial charge on any atom is -0.324 e. The van der Waals surface area contributed by atoms with Gasteiger partial charge in [-0.15, -0.1) is 0 Å². The molecule has 0 saturated heterocycles. The Morgan fingerprint density at radius 3 is 2.12 bits per heavy atom. The van der Waals surface area contributed by atoms with E-state index in [2.05, 4.69) is 15.0 Å². The maximum absolute atomic E-state index is 13.0. The molecule has 1 amide bonds. The second-order valence-corrected chi connectivity index (χ2v) is 10.7. The first-order valence-corrected chi connectivity index (χ1v) is 13.3. The van der Waals surface area contributed by atoms with Crippen molar-refractivity contribution in [1.82, 2.24) is 4.98 Å². The van der Waals surface area contributed by atoms with Crippen LogP contribution in [-0.4, -0.2) is 40.0 Å². The first-order valence-electron chi connectivity index (χ1n) is 10.0. The summed E-state index contributed by atoms with van der Waals surface area (Å²) in [5.41, 5.74) is 0.709. The zero-order valence-corrected chi connectivity index (χ0v) is 19.7. The van der Waals surface area contributed by atoms with Crippen LogP contribution in [0.15, 0.2) is 83.9 Å². The van der Waals surface area contributed by atoms with Crippen molar-refractivity contribution in [3.05, 3.63) is 79.0 Å². The van der Waals surface area contributed by atoms with Gasteiger partial charge < -0.3 is 5.32 Å². The summed E-state index contributed by atoms with van der Waals surface area (Å²) in [5.74, 6) is -0.351. The van der Waals surface area contributed by atoms with Crippen LogP contribution in [0.2, 0.25) is 0 Å². The zero-order valence-electron chi connectivity index (χ0n) is 18.0. The molecule has 0 saturated carbocycles. The molecule has 2 aromatic carbocycles. The fraction of sp³-hybridized carbons (Fsp3) is 0.182. The molecule has 0 aliphatic heterocycles. The number of nitrogens with one attached hydrogen (secondary N) is 2. The molecule has 3 rings (SSSR count). The van der Waals surface area contributed by atoms with Crippen molar-refractivity contribution in [3.8, 4) is 0 Å². The van der Waals surface area contributed by atoms with Crippen molar-refractivity contribution in [1.29, 1.82) is 0 Å². The average Bonchev–Trinajstić information content (AvgIpc) is 2.77. The number of carbonyl (C=O) groups excluding carboxylic acids is 1. The number of anilines is 3. The molecule has 0 bridgehead atoms. The molecule has 3 aromatic rings. The largest absolute Gasteiger partial charge is 0.324 e. The summed E-state index contributed by atoms with van der Waals surface area (Å²) in [5, 5.41) is 2.67. The molecule has 0 spiro atoms. The Balaban J connectivity index is 1.79. The quantitative estimate of drug-likeness (QED) is 0.477. The number of aromatic nitrogens is 1. The van der Waals surface area contributed by atoms with E-state index in [-0.39, 0.29) is 17.1 Å². The van der Waals surface area contributed by atoms with Crippen LogP contribution in [-0.2, 0) is 24.8 Å². The van der Waals surface area contributed by atoms with E-state index >= 15 is 0 Å². The molecule has 1 atom stereocenters. The predicted octanol–water partition coefficient (Wildman–Crippen LogP) is 3.07. The summed E-state index contributed by atoms with van der Waals surface area (Å²) in [7, 11) is -7.60. The third-order valence-electron chi connectivity index (χ3n) is 4.68. The second-order valence-electron chi connectivity index (χ2n) is 7.15. The number of sulfonamides is 2. The van der Waals surface area contributed by atoms with Crippen LogP contribution in [0.5, 0.6) is 0 Å². The lowest BCUT2D eigenvalue weighted by molar-refractivity contribution is -0.117. The van der Waals surface area contributed by atoms with Gasteiger partial charge in [-0.1, -0.05) is 31.2 Å². The summed E-state index contributed by atoms with van der Waals surface area (Å²) in [6, 6.07) is 17.8. The summed E-state index contributed by atoms with van der Waals surface area (Å²) < 4.78 is 53.4. The smallest absolute Gasteiger partial charge is 0.263 e. The monoisotopic (exact) mass is 488 g/mol. The van der Waals surface area contributed by atoms with E-state index in [1.54, 1.807) is 49.4 Å². The summed E-state index contributed by atoms with van der Waals surface area (Å²) >= 11 is 0. The third kappa shape index (κ3) is 6.08. The molecule has 0 fully saturated rings. The van der Waals surface area contributed by atoms with E-state index in [0.717, 1.165) is 10.6 Å². The lowest BCUT2D eigenvalue weighted by atomic mass is 10.2. The number of nitrogens with zero attached hydrogens (tertiary/aromatic N) is 2. The number of hydrogen-bond donors (Lipinski definition) is 2. The number of amides is 1. The Kier molecular flexibility index (Phi) is 7.34.